The van der Waals surface area contributed by atoms with Gasteiger partial charge in [0.25, 0.3) is 0 Å². The van der Waals surface area contributed by atoms with Crippen LogP contribution in [0.5, 0.6) is 0 Å². The monoisotopic (exact) mass is 615 g/mol. The van der Waals surface area contributed by atoms with Crippen LogP contribution in [-0.2, 0) is 0 Å². The second kappa shape index (κ2) is 10.5. The van der Waals surface area contributed by atoms with Crippen LogP contribution in [0.2, 0.25) is 0 Å². The van der Waals surface area contributed by atoms with E-state index < -0.39 is 6.29 Å². The Morgan fingerprint density at radius 1 is 0.479 bits per heavy atom. The molecule has 0 fully saturated rings. The molecule has 10 rings (SSSR count). The van der Waals surface area contributed by atoms with E-state index in [0.29, 0.717) is 5.84 Å². The molecule has 1 aliphatic heterocycles. The number of aromatic nitrogens is 2. The third kappa shape index (κ3) is 3.98. The van der Waals surface area contributed by atoms with Crippen LogP contribution in [0.4, 0.5) is 0 Å². The molecule has 226 valence electrons. The Bertz CT molecular complexity index is 2750. The summed E-state index contributed by atoms with van der Waals surface area (Å²) in [6, 6.07) is 57.8. The van der Waals surface area contributed by atoms with Crippen LogP contribution < -0.4 is 5.32 Å². The van der Waals surface area contributed by atoms with Gasteiger partial charge in [0.05, 0.1) is 27.8 Å². The zero-order chi connectivity index (χ0) is 31.6. The number of para-hydroxylation sites is 2. The van der Waals surface area contributed by atoms with Gasteiger partial charge < -0.3 is 14.5 Å². The third-order valence-corrected chi connectivity index (χ3v) is 9.57. The average Bonchev–Trinajstić information content (AvgIpc) is 3.68. The molecule has 0 bridgehead atoms. The first kappa shape index (κ1) is 26.7. The number of hydrogen-bond donors (Lipinski definition) is 1. The van der Waals surface area contributed by atoms with Crippen LogP contribution in [0.25, 0.3) is 60.1 Å². The van der Waals surface area contributed by atoms with E-state index >= 15 is 0 Å². The molecule has 7 aromatic carbocycles. The smallest absolute Gasteiger partial charge is 0.204 e. The lowest BCUT2D eigenvalue weighted by Crippen LogP contribution is -2.36. The Kier molecular flexibility index (Phi) is 5.87. The van der Waals surface area contributed by atoms with Crippen LogP contribution in [0.3, 0.4) is 0 Å². The Morgan fingerprint density at radius 2 is 1.12 bits per heavy atom. The van der Waals surface area contributed by atoms with Gasteiger partial charge in [-0.05, 0) is 29.7 Å². The highest BCUT2D eigenvalue weighted by Gasteiger charge is 2.27. The number of hydrogen-bond acceptors (Lipinski definition) is 3. The highest BCUT2D eigenvalue weighted by molar-refractivity contribution is 6.26. The minimum atomic E-state index is -0.428. The normalized spacial score (nSPS) is 14.9. The molecule has 1 atom stereocenters. The van der Waals surface area contributed by atoms with E-state index in [0.717, 1.165) is 28.0 Å². The van der Waals surface area contributed by atoms with E-state index in [4.69, 9.17) is 9.98 Å². The minimum absolute atomic E-state index is 0.428. The van der Waals surface area contributed by atoms with Crippen molar-refractivity contribution in [2.75, 3.05) is 0 Å². The molecule has 48 heavy (non-hydrogen) atoms. The van der Waals surface area contributed by atoms with Crippen molar-refractivity contribution in [3.63, 3.8) is 0 Å². The molecule has 3 heterocycles. The summed E-state index contributed by atoms with van der Waals surface area (Å²) >= 11 is 0. The molecule has 9 aromatic rings. The maximum atomic E-state index is 5.29. The minimum Gasteiger partial charge on any atom is -0.331 e. The molecule has 0 saturated heterocycles. The van der Waals surface area contributed by atoms with E-state index in [9.17, 15) is 0 Å². The molecule has 1 aliphatic rings. The molecule has 0 spiro atoms. The van der Waals surface area contributed by atoms with Gasteiger partial charge in [-0.2, -0.15) is 0 Å². The summed E-state index contributed by atoms with van der Waals surface area (Å²) in [5.74, 6) is 1.50. The van der Waals surface area contributed by atoms with Gasteiger partial charge >= 0.3 is 0 Å². The van der Waals surface area contributed by atoms with Gasteiger partial charge in [0.1, 0.15) is 5.84 Å². The van der Waals surface area contributed by atoms with Crippen molar-refractivity contribution < 1.29 is 0 Å². The number of benzene rings is 7. The van der Waals surface area contributed by atoms with Crippen LogP contribution in [-0.4, -0.2) is 20.8 Å². The maximum absolute atomic E-state index is 5.29. The van der Waals surface area contributed by atoms with Crippen molar-refractivity contribution in [3.8, 4) is 5.69 Å². The maximum Gasteiger partial charge on any atom is 0.204 e. The summed E-state index contributed by atoms with van der Waals surface area (Å²) in [6.45, 7) is 0. The van der Waals surface area contributed by atoms with Crippen molar-refractivity contribution >= 4 is 66.1 Å². The van der Waals surface area contributed by atoms with Gasteiger partial charge in [-0.15, -0.1) is 0 Å². The lowest BCUT2D eigenvalue weighted by atomic mass is 10.1. The van der Waals surface area contributed by atoms with Crippen molar-refractivity contribution in [3.05, 3.63) is 175 Å². The van der Waals surface area contributed by atoms with Crippen LogP contribution >= 0.6 is 0 Å². The van der Waals surface area contributed by atoms with Gasteiger partial charge in [-0.25, -0.2) is 9.98 Å². The Morgan fingerprint density at radius 3 is 1.94 bits per heavy atom. The first-order valence-corrected chi connectivity index (χ1v) is 16.3. The zero-order valence-corrected chi connectivity index (χ0v) is 26.0. The van der Waals surface area contributed by atoms with Crippen molar-refractivity contribution in [1.29, 1.82) is 0 Å². The Hall–Kier alpha value is -6.46. The van der Waals surface area contributed by atoms with E-state index in [2.05, 4.69) is 142 Å². The SMILES string of the molecule is c1ccc(C2=NC(n3c4ccccc4c4c5c(ccc43)c3ccccc3n5-c3cccc4ccccc34)NC(c3ccccc3)=N2)cc1. The quantitative estimate of drug-likeness (QED) is 0.210. The van der Waals surface area contributed by atoms with E-state index in [1.807, 2.05) is 36.4 Å². The zero-order valence-electron chi connectivity index (χ0n) is 26.0. The summed E-state index contributed by atoms with van der Waals surface area (Å²) < 4.78 is 4.81. The summed E-state index contributed by atoms with van der Waals surface area (Å²) in [5, 5.41) is 11.0. The second-order valence-corrected chi connectivity index (χ2v) is 12.3. The number of rotatable bonds is 4. The molecule has 1 N–H and O–H groups in total. The van der Waals surface area contributed by atoms with Crippen LogP contribution in [0.1, 0.15) is 17.4 Å². The van der Waals surface area contributed by atoms with Crippen LogP contribution in [0.15, 0.2) is 174 Å². The highest BCUT2D eigenvalue weighted by Crippen LogP contribution is 2.43. The fourth-order valence-electron chi connectivity index (χ4n) is 7.49. The standard InChI is InChI=1S/C43H29N5/c1-3-15-29(16-4-1)41-44-42(30-17-5-2-6-18-30)46-43(45-41)48-37-24-12-10-22-34(37)39-38(48)27-26-33-32-21-9-11-23-36(32)47(40(33)39)35-25-13-19-28-14-7-8-20-31(28)35/h1-27,43H,(H,44,45,46). The molecular formula is C43H29N5. The molecule has 0 saturated carbocycles. The first-order chi connectivity index (χ1) is 23.8. The number of amidine groups is 2. The topological polar surface area (TPSA) is 46.6 Å². The molecule has 0 aliphatic carbocycles. The largest absolute Gasteiger partial charge is 0.331 e. The summed E-state index contributed by atoms with van der Waals surface area (Å²) in [4.78, 5) is 10.3. The molecule has 0 amide bonds. The van der Waals surface area contributed by atoms with Gasteiger partial charge in [-0.1, -0.05) is 140 Å². The number of nitrogens with one attached hydrogen (secondary N) is 1. The van der Waals surface area contributed by atoms with Crippen LogP contribution in [0, 0.1) is 0 Å². The Balaban J connectivity index is 1.31. The predicted molar refractivity (Wildman–Crippen MR) is 199 cm³/mol. The van der Waals surface area contributed by atoms with E-state index in [1.165, 1.54) is 49.0 Å². The van der Waals surface area contributed by atoms with E-state index in [-0.39, 0.29) is 0 Å². The van der Waals surface area contributed by atoms with Gasteiger partial charge in [0, 0.05) is 38.1 Å². The first-order valence-electron chi connectivity index (χ1n) is 16.3. The fraction of sp³-hybridized carbons (Fsp3) is 0.0233. The third-order valence-electron chi connectivity index (χ3n) is 9.57. The van der Waals surface area contributed by atoms with E-state index in [1.54, 1.807) is 0 Å². The summed E-state index contributed by atoms with van der Waals surface area (Å²) in [7, 11) is 0. The van der Waals surface area contributed by atoms with Crippen molar-refractivity contribution in [2.24, 2.45) is 9.98 Å². The summed E-state index contributed by atoms with van der Waals surface area (Å²) in [6.07, 6.45) is -0.428. The molecule has 2 aromatic heterocycles. The van der Waals surface area contributed by atoms with Gasteiger partial charge in [-0.3, -0.25) is 0 Å². The molecular weight excluding hydrogens is 587 g/mol. The molecule has 5 nitrogen and oxygen atoms in total. The second-order valence-electron chi connectivity index (χ2n) is 12.3. The number of fused-ring (bicyclic) bond motifs is 8. The number of aliphatic imine (C=N–C) groups is 2. The Labute approximate surface area is 276 Å². The summed E-state index contributed by atoms with van der Waals surface area (Å²) in [5.41, 5.74) is 7.77. The lowest BCUT2D eigenvalue weighted by molar-refractivity contribution is 0.516. The van der Waals surface area contributed by atoms with Crippen molar-refractivity contribution in [1.82, 2.24) is 14.5 Å². The highest BCUT2D eigenvalue weighted by atomic mass is 15.3. The molecule has 0 radical (unpaired) electrons. The predicted octanol–water partition coefficient (Wildman–Crippen LogP) is 10.00. The molecule has 1 unspecified atom stereocenters. The molecule has 5 heteroatoms. The van der Waals surface area contributed by atoms with Crippen molar-refractivity contribution in [2.45, 2.75) is 6.29 Å². The average molecular weight is 616 g/mol. The fourth-order valence-corrected chi connectivity index (χ4v) is 7.49. The van der Waals surface area contributed by atoms with Gasteiger partial charge in [0.15, 0.2) is 5.84 Å². The van der Waals surface area contributed by atoms with Gasteiger partial charge in [0.2, 0.25) is 6.29 Å². The lowest BCUT2D eigenvalue weighted by Gasteiger charge is -2.25. The number of nitrogens with zero attached hydrogens (tertiary/aromatic N) is 4.